The largest absolute Gasteiger partial charge is 0.0623 e. The second kappa shape index (κ2) is 3.06. The van der Waals surface area contributed by atoms with Gasteiger partial charge in [-0.1, -0.05) is 34.6 Å². The SMILES string of the molecule is CC(C)C(C)(C)C(C)C1CC2CC13CCC23. The summed E-state index contributed by atoms with van der Waals surface area (Å²) in [7, 11) is 0. The third-order valence-corrected chi connectivity index (χ3v) is 7.43. The summed E-state index contributed by atoms with van der Waals surface area (Å²) in [6.07, 6.45) is 6.30. The standard InChI is InChI=1S/C16H28/c1-10(2)15(4,5)11(3)14-8-12-9-16(14)7-6-13(12)16/h10-14H,6-9H2,1-5H3. The van der Waals surface area contributed by atoms with Crippen LogP contribution >= 0.6 is 0 Å². The first kappa shape index (κ1) is 11.1. The van der Waals surface area contributed by atoms with Crippen molar-refractivity contribution in [3.8, 4) is 0 Å². The van der Waals surface area contributed by atoms with Gasteiger partial charge in [0.25, 0.3) is 0 Å². The second-order valence-corrected chi connectivity index (χ2v) is 7.95. The fraction of sp³-hybridized carbons (Fsp3) is 1.00. The lowest BCUT2D eigenvalue weighted by Gasteiger charge is -2.60. The van der Waals surface area contributed by atoms with Crippen LogP contribution in [-0.4, -0.2) is 0 Å². The molecule has 0 N–H and O–H groups in total. The van der Waals surface area contributed by atoms with Crippen LogP contribution in [0, 0.1) is 40.4 Å². The first-order chi connectivity index (χ1) is 7.39. The number of rotatable bonds is 3. The maximum absolute atomic E-state index is 2.55. The van der Waals surface area contributed by atoms with Crippen molar-refractivity contribution in [3.63, 3.8) is 0 Å². The van der Waals surface area contributed by atoms with Crippen LogP contribution in [0.2, 0.25) is 0 Å². The monoisotopic (exact) mass is 220 g/mol. The van der Waals surface area contributed by atoms with Crippen molar-refractivity contribution in [3.05, 3.63) is 0 Å². The summed E-state index contributed by atoms with van der Waals surface area (Å²) in [5.74, 6) is 5.11. The van der Waals surface area contributed by atoms with Gasteiger partial charge in [-0.15, -0.1) is 0 Å². The molecule has 4 saturated carbocycles. The van der Waals surface area contributed by atoms with Crippen LogP contribution in [0.15, 0.2) is 0 Å². The van der Waals surface area contributed by atoms with Gasteiger partial charge in [-0.2, -0.15) is 0 Å². The minimum Gasteiger partial charge on any atom is -0.0623 e. The normalized spacial score (nSPS) is 47.2. The van der Waals surface area contributed by atoms with E-state index in [1.807, 2.05) is 0 Å². The first-order valence-corrected chi connectivity index (χ1v) is 7.39. The Morgan fingerprint density at radius 1 is 1.19 bits per heavy atom. The maximum Gasteiger partial charge on any atom is -0.0233 e. The fourth-order valence-corrected chi connectivity index (χ4v) is 5.28. The van der Waals surface area contributed by atoms with E-state index >= 15 is 0 Å². The van der Waals surface area contributed by atoms with Gasteiger partial charge in [0.2, 0.25) is 0 Å². The Morgan fingerprint density at radius 3 is 2.25 bits per heavy atom. The summed E-state index contributed by atoms with van der Waals surface area (Å²) in [6.45, 7) is 12.4. The van der Waals surface area contributed by atoms with Crippen molar-refractivity contribution >= 4 is 0 Å². The Balaban J connectivity index is 1.79. The van der Waals surface area contributed by atoms with Gasteiger partial charge in [0.1, 0.15) is 0 Å². The Labute approximate surface area is 101 Å². The summed E-state index contributed by atoms with van der Waals surface area (Å²) >= 11 is 0. The molecule has 0 saturated heterocycles. The first-order valence-electron chi connectivity index (χ1n) is 7.39. The lowest BCUT2D eigenvalue weighted by molar-refractivity contribution is -0.116. The zero-order chi connectivity index (χ0) is 11.7. The van der Waals surface area contributed by atoms with Crippen molar-refractivity contribution in [2.45, 2.75) is 60.3 Å². The van der Waals surface area contributed by atoms with Crippen molar-refractivity contribution < 1.29 is 0 Å². The molecule has 0 nitrogen and oxygen atoms in total. The Kier molecular flexibility index (Phi) is 2.12. The van der Waals surface area contributed by atoms with Gasteiger partial charge in [-0.3, -0.25) is 0 Å². The van der Waals surface area contributed by atoms with Gasteiger partial charge in [-0.05, 0) is 66.1 Å². The molecule has 0 heterocycles. The van der Waals surface area contributed by atoms with E-state index in [1.165, 1.54) is 5.92 Å². The van der Waals surface area contributed by atoms with Crippen molar-refractivity contribution in [2.24, 2.45) is 40.4 Å². The third kappa shape index (κ3) is 1.07. The van der Waals surface area contributed by atoms with Crippen LogP contribution in [0.25, 0.3) is 0 Å². The number of fused-ring (bicyclic) bond motifs is 1. The van der Waals surface area contributed by atoms with Gasteiger partial charge in [0.05, 0.1) is 0 Å². The van der Waals surface area contributed by atoms with Crippen molar-refractivity contribution in [2.75, 3.05) is 0 Å². The molecule has 2 bridgehead atoms. The Hall–Kier alpha value is 0. The molecule has 0 radical (unpaired) electrons. The molecule has 5 atom stereocenters. The van der Waals surface area contributed by atoms with Gasteiger partial charge < -0.3 is 0 Å². The predicted molar refractivity (Wildman–Crippen MR) is 69.2 cm³/mol. The summed E-state index contributed by atoms with van der Waals surface area (Å²) < 4.78 is 0. The summed E-state index contributed by atoms with van der Waals surface area (Å²) in [4.78, 5) is 0. The van der Waals surface area contributed by atoms with Gasteiger partial charge >= 0.3 is 0 Å². The average Bonchev–Trinajstić information content (AvgIpc) is 2.66. The maximum atomic E-state index is 2.55. The molecule has 0 aliphatic heterocycles. The van der Waals surface area contributed by atoms with Gasteiger partial charge in [-0.25, -0.2) is 0 Å². The van der Waals surface area contributed by atoms with Crippen LogP contribution in [0.4, 0.5) is 0 Å². The molecule has 16 heavy (non-hydrogen) atoms. The molecule has 4 aliphatic rings. The van der Waals surface area contributed by atoms with E-state index in [9.17, 15) is 0 Å². The molecule has 0 aromatic carbocycles. The van der Waals surface area contributed by atoms with Crippen molar-refractivity contribution in [1.29, 1.82) is 0 Å². The van der Waals surface area contributed by atoms with E-state index < -0.39 is 0 Å². The molecule has 4 aliphatic carbocycles. The van der Waals surface area contributed by atoms with Gasteiger partial charge in [0, 0.05) is 0 Å². The Bertz CT molecular complexity index is 301. The lowest BCUT2D eigenvalue weighted by atomic mass is 9.44. The minimum atomic E-state index is 0.525. The third-order valence-electron chi connectivity index (χ3n) is 7.43. The summed E-state index contributed by atoms with van der Waals surface area (Å²) in [5.41, 5.74) is 1.38. The molecule has 0 heteroatoms. The second-order valence-electron chi connectivity index (χ2n) is 7.95. The highest BCUT2D eigenvalue weighted by atomic mass is 14.7. The van der Waals surface area contributed by atoms with E-state index in [0.717, 1.165) is 29.1 Å². The molecule has 5 unspecified atom stereocenters. The molecule has 92 valence electrons. The number of hydrogen-bond donors (Lipinski definition) is 0. The molecule has 4 fully saturated rings. The van der Waals surface area contributed by atoms with Crippen LogP contribution < -0.4 is 0 Å². The van der Waals surface area contributed by atoms with E-state index in [1.54, 1.807) is 25.7 Å². The Morgan fingerprint density at radius 2 is 1.88 bits per heavy atom. The molecule has 4 rings (SSSR count). The molecule has 0 amide bonds. The van der Waals surface area contributed by atoms with E-state index in [4.69, 9.17) is 0 Å². The quantitative estimate of drug-likeness (QED) is 0.644. The fourth-order valence-electron chi connectivity index (χ4n) is 5.28. The van der Waals surface area contributed by atoms with Crippen LogP contribution in [-0.2, 0) is 0 Å². The van der Waals surface area contributed by atoms with Gasteiger partial charge in [0.15, 0.2) is 0 Å². The predicted octanol–water partition coefficient (Wildman–Crippen LogP) is 4.74. The zero-order valence-electron chi connectivity index (χ0n) is 11.7. The minimum absolute atomic E-state index is 0.525. The topological polar surface area (TPSA) is 0 Å². The molecule has 0 aromatic heterocycles. The van der Waals surface area contributed by atoms with E-state index in [2.05, 4.69) is 34.6 Å². The highest BCUT2D eigenvalue weighted by molar-refractivity contribution is 5.19. The van der Waals surface area contributed by atoms with Crippen LogP contribution in [0.1, 0.15) is 60.3 Å². The molecule has 0 aromatic rings. The molecular formula is C16H28. The lowest BCUT2D eigenvalue weighted by Crippen LogP contribution is -2.53. The molecule has 1 spiro atoms. The summed E-state index contributed by atoms with van der Waals surface area (Å²) in [6, 6.07) is 0. The van der Waals surface area contributed by atoms with Crippen LogP contribution in [0.3, 0.4) is 0 Å². The zero-order valence-corrected chi connectivity index (χ0v) is 11.7. The summed E-state index contributed by atoms with van der Waals surface area (Å²) in [5, 5.41) is 0. The highest BCUT2D eigenvalue weighted by Gasteiger charge is 2.70. The highest BCUT2D eigenvalue weighted by Crippen LogP contribution is 2.78. The van der Waals surface area contributed by atoms with E-state index in [0.29, 0.717) is 5.41 Å². The van der Waals surface area contributed by atoms with E-state index in [-0.39, 0.29) is 0 Å². The number of hydrogen-bond acceptors (Lipinski definition) is 0. The van der Waals surface area contributed by atoms with Crippen LogP contribution in [0.5, 0.6) is 0 Å². The van der Waals surface area contributed by atoms with Crippen molar-refractivity contribution in [1.82, 2.24) is 0 Å². The smallest absolute Gasteiger partial charge is 0.0233 e. The molecular weight excluding hydrogens is 192 g/mol. The average molecular weight is 220 g/mol.